The summed E-state index contributed by atoms with van der Waals surface area (Å²) in [5, 5.41) is 100. The van der Waals surface area contributed by atoms with E-state index in [4.69, 9.17) is 38.3 Å². The lowest BCUT2D eigenvalue weighted by molar-refractivity contribution is -0.360. The fourth-order valence-corrected chi connectivity index (χ4v) is 4.31. The molecular weight excluding hydrogens is 540 g/mol. The highest BCUT2D eigenvalue weighted by Gasteiger charge is 2.49. The van der Waals surface area contributed by atoms with Gasteiger partial charge in [-0.25, -0.2) is 4.79 Å². The van der Waals surface area contributed by atoms with Gasteiger partial charge in [-0.15, -0.1) is 0 Å². The van der Waals surface area contributed by atoms with Gasteiger partial charge in [0, 0.05) is 0 Å². The van der Waals surface area contributed by atoms with Gasteiger partial charge in [0.15, 0.2) is 18.9 Å². The third kappa shape index (κ3) is 6.50. The standard InChI is InChI=1S/C21H32O18/c22-5-1-7(17(30)31)36-20(11(5)25)39-16-10(24)6(23)2-34-21(16)38-9-4-35-19(15(29)13(9)27)37-8-3-33-18(32)14(28)12(8)26/h1,5-6,8-16,18-29,32H,2-4H2,(H,30,31)/t5-,6-,8-,9-,10+,11+,12+,13+,14-,15-,16-,18-,19+,20-,21+/m1/s1. The predicted molar refractivity (Wildman–Crippen MR) is 115 cm³/mol. The lowest BCUT2D eigenvalue weighted by atomic mass is 10.0. The molecule has 3 saturated heterocycles. The third-order valence-electron chi connectivity index (χ3n) is 6.63. The highest BCUT2D eigenvalue weighted by atomic mass is 16.8. The Morgan fingerprint density at radius 2 is 1.26 bits per heavy atom. The summed E-state index contributed by atoms with van der Waals surface area (Å²) in [4.78, 5) is 11.3. The molecule has 4 heterocycles. The van der Waals surface area contributed by atoms with Gasteiger partial charge in [-0.2, -0.15) is 0 Å². The van der Waals surface area contributed by atoms with Crippen LogP contribution in [0.25, 0.3) is 0 Å². The van der Waals surface area contributed by atoms with Gasteiger partial charge in [-0.1, -0.05) is 0 Å². The third-order valence-corrected chi connectivity index (χ3v) is 6.63. The van der Waals surface area contributed by atoms with Crippen LogP contribution in [0, 0.1) is 0 Å². The second-order valence-electron chi connectivity index (χ2n) is 9.40. The predicted octanol–water partition coefficient (Wildman–Crippen LogP) is -6.58. The van der Waals surface area contributed by atoms with Crippen molar-refractivity contribution in [3.8, 4) is 0 Å². The van der Waals surface area contributed by atoms with Gasteiger partial charge in [-0.3, -0.25) is 0 Å². The van der Waals surface area contributed by atoms with Crippen LogP contribution in [-0.4, -0.2) is 169 Å². The van der Waals surface area contributed by atoms with Crippen molar-refractivity contribution in [2.75, 3.05) is 19.8 Å². The van der Waals surface area contributed by atoms with Crippen LogP contribution >= 0.6 is 0 Å². The van der Waals surface area contributed by atoms with Crippen LogP contribution in [0.15, 0.2) is 11.8 Å². The molecular formula is C21H32O18. The van der Waals surface area contributed by atoms with Crippen molar-refractivity contribution in [2.24, 2.45) is 0 Å². The van der Waals surface area contributed by atoms with Crippen LogP contribution in [0.3, 0.4) is 0 Å². The molecule has 18 nitrogen and oxygen atoms in total. The minimum Gasteiger partial charge on any atom is -0.475 e. The molecule has 0 amide bonds. The summed E-state index contributed by atoms with van der Waals surface area (Å²) in [5.41, 5.74) is 0. The molecule has 0 radical (unpaired) electrons. The molecule has 39 heavy (non-hydrogen) atoms. The van der Waals surface area contributed by atoms with Crippen molar-refractivity contribution in [1.82, 2.24) is 0 Å². The van der Waals surface area contributed by atoms with Crippen LogP contribution < -0.4 is 0 Å². The second-order valence-corrected chi connectivity index (χ2v) is 9.40. The maximum absolute atomic E-state index is 11.3. The Morgan fingerprint density at radius 3 is 1.92 bits per heavy atom. The average molecular weight is 572 g/mol. The van der Waals surface area contributed by atoms with Crippen molar-refractivity contribution < 1.29 is 89.0 Å². The Bertz CT molecular complexity index is 872. The first-order valence-electron chi connectivity index (χ1n) is 11.9. The number of aliphatic carboxylic acids is 1. The Morgan fingerprint density at radius 1 is 0.667 bits per heavy atom. The minimum absolute atomic E-state index is 0.361. The SMILES string of the molecule is O=C(O)C1=C[C@@H](O)[C@H](O)[C@@H](O[C@H]2[C@H](O[C@@H]3CO[C@@H](O[C@@H]4CO[C@@H](O)[C@H](O)[C@H]4O)[C@H](O)[C@H]3O)OC[C@@H](O)[C@@H]2O)O1. The van der Waals surface area contributed by atoms with Gasteiger partial charge in [0.1, 0.15) is 67.1 Å². The number of hydrogen-bond acceptors (Lipinski definition) is 17. The van der Waals surface area contributed by atoms with E-state index >= 15 is 0 Å². The van der Waals surface area contributed by atoms with E-state index in [0.717, 1.165) is 6.08 Å². The Balaban J connectivity index is 1.40. The molecule has 0 aliphatic carbocycles. The molecule has 3 fully saturated rings. The smallest absolute Gasteiger partial charge is 0.371 e. The lowest BCUT2D eigenvalue weighted by Crippen LogP contribution is -2.62. The molecule has 0 aromatic carbocycles. The quantitative estimate of drug-likeness (QED) is 0.136. The molecule has 10 N–H and O–H groups in total. The Kier molecular flexibility index (Phi) is 9.74. The maximum atomic E-state index is 11.3. The number of carboxylic acid groups (broad SMARTS) is 1. The zero-order valence-corrected chi connectivity index (χ0v) is 20.1. The highest BCUT2D eigenvalue weighted by Crippen LogP contribution is 2.30. The molecule has 18 heteroatoms. The van der Waals surface area contributed by atoms with Crippen molar-refractivity contribution >= 4 is 5.97 Å². The first-order valence-corrected chi connectivity index (χ1v) is 11.9. The number of aliphatic hydroxyl groups is 9. The van der Waals surface area contributed by atoms with E-state index in [1.165, 1.54) is 0 Å². The lowest BCUT2D eigenvalue weighted by Gasteiger charge is -2.44. The van der Waals surface area contributed by atoms with E-state index in [1.807, 2.05) is 0 Å². The van der Waals surface area contributed by atoms with Gasteiger partial charge in [0.2, 0.25) is 12.0 Å². The summed E-state index contributed by atoms with van der Waals surface area (Å²) in [6.45, 7) is -1.27. The fraction of sp³-hybridized carbons (Fsp3) is 0.857. The Labute approximate surface area is 219 Å². The zero-order chi connectivity index (χ0) is 28.6. The van der Waals surface area contributed by atoms with Crippen LogP contribution in [0.2, 0.25) is 0 Å². The normalized spacial score (nSPS) is 49.2. The van der Waals surface area contributed by atoms with E-state index in [1.54, 1.807) is 0 Å². The summed E-state index contributed by atoms with van der Waals surface area (Å²) in [6, 6.07) is 0. The molecule has 15 atom stereocenters. The van der Waals surface area contributed by atoms with E-state index in [-0.39, 0.29) is 6.61 Å². The zero-order valence-electron chi connectivity index (χ0n) is 20.1. The first-order chi connectivity index (χ1) is 18.4. The number of carbonyl (C=O) groups is 1. The van der Waals surface area contributed by atoms with E-state index < -0.39 is 117 Å². The van der Waals surface area contributed by atoms with Gasteiger partial charge in [0.05, 0.1) is 19.8 Å². The van der Waals surface area contributed by atoms with Gasteiger partial charge >= 0.3 is 5.97 Å². The van der Waals surface area contributed by atoms with E-state index in [0.29, 0.717) is 0 Å². The van der Waals surface area contributed by atoms with Crippen molar-refractivity contribution in [1.29, 1.82) is 0 Å². The molecule has 4 aliphatic heterocycles. The molecule has 0 aromatic rings. The van der Waals surface area contributed by atoms with Crippen molar-refractivity contribution in [3.63, 3.8) is 0 Å². The molecule has 0 spiro atoms. The maximum Gasteiger partial charge on any atom is 0.371 e. The molecule has 4 rings (SSSR count). The highest BCUT2D eigenvalue weighted by molar-refractivity contribution is 5.84. The van der Waals surface area contributed by atoms with Crippen LogP contribution in [-0.2, 0) is 38.0 Å². The fourth-order valence-electron chi connectivity index (χ4n) is 4.31. The summed E-state index contributed by atoms with van der Waals surface area (Å²) >= 11 is 0. The number of carboxylic acids is 1. The first kappa shape index (κ1) is 30.4. The molecule has 224 valence electrons. The van der Waals surface area contributed by atoms with Gasteiger partial charge in [-0.05, 0) is 6.08 Å². The van der Waals surface area contributed by atoms with E-state index in [2.05, 4.69) is 0 Å². The topological polar surface area (TPSA) is 284 Å². The second kappa shape index (κ2) is 12.5. The Hall–Kier alpha value is -1.59. The van der Waals surface area contributed by atoms with Crippen LogP contribution in [0.4, 0.5) is 0 Å². The summed E-state index contributed by atoms with van der Waals surface area (Å²) in [5.74, 6) is -2.32. The molecule has 4 aliphatic rings. The van der Waals surface area contributed by atoms with Crippen molar-refractivity contribution in [2.45, 2.75) is 92.3 Å². The van der Waals surface area contributed by atoms with E-state index in [9.17, 15) is 50.8 Å². The van der Waals surface area contributed by atoms with Gasteiger partial charge < -0.3 is 84.2 Å². The monoisotopic (exact) mass is 572 g/mol. The summed E-state index contributed by atoms with van der Waals surface area (Å²) in [7, 11) is 0. The van der Waals surface area contributed by atoms with Crippen molar-refractivity contribution in [3.05, 3.63) is 11.8 Å². The van der Waals surface area contributed by atoms with Gasteiger partial charge in [0.25, 0.3) is 0 Å². The number of hydrogen-bond donors (Lipinski definition) is 10. The minimum atomic E-state index is -1.84. The van der Waals surface area contributed by atoms with Crippen LogP contribution in [0.1, 0.15) is 0 Å². The molecule has 0 saturated carbocycles. The average Bonchev–Trinajstić information content (AvgIpc) is 2.90. The number of ether oxygens (including phenoxy) is 7. The molecule has 0 bridgehead atoms. The number of rotatable bonds is 7. The van der Waals surface area contributed by atoms with Crippen LogP contribution in [0.5, 0.6) is 0 Å². The number of aliphatic hydroxyl groups excluding tert-OH is 9. The molecule has 0 unspecified atom stereocenters. The largest absolute Gasteiger partial charge is 0.475 e. The molecule has 0 aromatic heterocycles. The summed E-state index contributed by atoms with van der Waals surface area (Å²) in [6.07, 6.45) is -23.6. The summed E-state index contributed by atoms with van der Waals surface area (Å²) < 4.78 is 37.1.